The summed E-state index contributed by atoms with van der Waals surface area (Å²) < 4.78 is 25.1. The number of epoxide rings is 1. The van der Waals surface area contributed by atoms with Crippen molar-refractivity contribution in [1.82, 2.24) is 20.4 Å². The van der Waals surface area contributed by atoms with Crippen molar-refractivity contribution in [1.29, 1.82) is 0 Å². The molecule has 4 aliphatic heterocycles. The number of likely N-dealkylation sites (N-methyl/N-ethyl adjacent to an activating group) is 1. The molecule has 4 aliphatic rings. The second kappa shape index (κ2) is 30.0. The number of allylic oxidation sites excluding steroid dienone is 2. The van der Waals surface area contributed by atoms with E-state index in [0.29, 0.717) is 87.2 Å². The van der Waals surface area contributed by atoms with E-state index >= 15 is 0 Å². The molecule has 1 aromatic rings. The lowest BCUT2D eigenvalue weighted by Gasteiger charge is -2.43. The molecule has 2 fully saturated rings. The fourth-order valence-corrected chi connectivity index (χ4v) is 10.7. The lowest BCUT2D eigenvalue weighted by molar-refractivity contribution is -0.926. The molecule has 0 spiro atoms. The van der Waals surface area contributed by atoms with Gasteiger partial charge in [-0.3, -0.25) is 38.6 Å². The topological polar surface area (TPSA) is 263 Å². The smallest absolute Gasteiger partial charge is 0.410 e. The number of anilines is 1. The highest BCUT2D eigenvalue weighted by atomic mass is 16.6. The molecule has 0 bridgehead atoms. The quantitative estimate of drug-likeness (QED) is 0.0129. The van der Waals surface area contributed by atoms with Gasteiger partial charge in [-0.1, -0.05) is 77.5 Å². The Kier molecular flexibility index (Phi) is 24.4. The molecule has 0 saturated carbocycles. The lowest BCUT2D eigenvalue weighted by Crippen LogP contribution is -2.58. The third kappa shape index (κ3) is 20.0. The molecule has 12 atom stereocenters. The highest BCUT2D eigenvalue weighted by Gasteiger charge is 2.47. The molecular formula is C61H93N6O14+. The molecule has 4 heterocycles. The van der Waals surface area contributed by atoms with Gasteiger partial charge in [-0.25, -0.2) is 4.79 Å². The Bertz CT molecular complexity index is 2430. The second-order valence-corrected chi connectivity index (χ2v) is 23.8. The van der Waals surface area contributed by atoms with Gasteiger partial charge in [0, 0.05) is 61.2 Å². The van der Waals surface area contributed by atoms with Crippen LogP contribution in [-0.4, -0.2) is 177 Å². The van der Waals surface area contributed by atoms with Gasteiger partial charge in [0.2, 0.25) is 17.7 Å². The number of piperazine rings is 1. The van der Waals surface area contributed by atoms with Crippen LogP contribution < -0.4 is 16.0 Å². The summed E-state index contributed by atoms with van der Waals surface area (Å²) in [5, 5.41) is 40.9. The summed E-state index contributed by atoms with van der Waals surface area (Å²) in [6.07, 6.45) is 10.5. The van der Waals surface area contributed by atoms with Crippen LogP contribution in [0.4, 0.5) is 10.5 Å². The van der Waals surface area contributed by atoms with Crippen molar-refractivity contribution in [3.8, 4) is 0 Å². The zero-order valence-electron chi connectivity index (χ0n) is 49.7. The Hall–Kier alpha value is -5.77. The number of esters is 1. The van der Waals surface area contributed by atoms with Gasteiger partial charge in [-0.05, 0) is 96.4 Å². The molecule has 6 amide bonds. The Morgan fingerprint density at radius 1 is 0.963 bits per heavy atom. The van der Waals surface area contributed by atoms with E-state index in [2.05, 4.69) is 23.0 Å². The fraction of sp³-hybridized carbons (Fsp3) is 0.656. The van der Waals surface area contributed by atoms with Gasteiger partial charge in [0.1, 0.15) is 30.3 Å². The number of carbonyl (C=O) groups excluding carboxylic acids is 7. The lowest BCUT2D eigenvalue weighted by atomic mass is 9.88. The van der Waals surface area contributed by atoms with Crippen LogP contribution in [0.25, 0.3) is 0 Å². The van der Waals surface area contributed by atoms with Crippen molar-refractivity contribution in [3.05, 3.63) is 77.9 Å². The van der Waals surface area contributed by atoms with Gasteiger partial charge >= 0.3 is 12.1 Å². The number of nitrogens with one attached hydrogen (secondary N) is 3. The molecule has 0 aliphatic carbocycles. The third-order valence-electron chi connectivity index (χ3n) is 16.1. The summed E-state index contributed by atoms with van der Waals surface area (Å²) >= 11 is 0. The Morgan fingerprint density at radius 3 is 2.26 bits per heavy atom. The number of imide groups is 1. The molecular weight excluding hydrogens is 1040 g/mol. The number of amides is 6. The minimum atomic E-state index is -1.20. The molecule has 5 rings (SSSR count). The van der Waals surface area contributed by atoms with Gasteiger partial charge in [0.05, 0.1) is 69.7 Å². The predicted octanol–water partition coefficient (Wildman–Crippen LogP) is 5.79. The third-order valence-corrected chi connectivity index (χ3v) is 16.1. The molecule has 20 heteroatoms. The van der Waals surface area contributed by atoms with Gasteiger partial charge < -0.3 is 54.7 Å². The average Bonchev–Trinajstić information content (AvgIpc) is 4.21. The van der Waals surface area contributed by atoms with Crippen LogP contribution >= 0.6 is 0 Å². The number of rotatable bonds is 25. The van der Waals surface area contributed by atoms with E-state index in [-0.39, 0.29) is 74.0 Å². The van der Waals surface area contributed by atoms with Crippen LogP contribution in [-0.2, 0) is 54.3 Å². The minimum absolute atomic E-state index is 0.0424. The van der Waals surface area contributed by atoms with Crippen molar-refractivity contribution in [2.24, 2.45) is 17.8 Å². The number of carbonyl (C=O) groups is 7. The van der Waals surface area contributed by atoms with Crippen LogP contribution in [0.2, 0.25) is 0 Å². The maximum absolute atomic E-state index is 14.1. The molecule has 20 nitrogen and oxygen atoms in total. The van der Waals surface area contributed by atoms with Gasteiger partial charge in [-0.15, -0.1) is 0 Å². The number of aliphatic hydroxyl groups is 3. The van der Waals surface area contributed by atoms with E-state index in [9.17, 15) is 48.9 Å². The number of benzene rings is 1. The van der Waals surface area contributed by atoms with Crippen molar-refractivity contribution < 1.29 is 72.3 Å². The first-order valence-corrected chi connectivity index (χ1v) is 29.1. The molecule has 1 aromatic carbocycles. The first-order chi connectivity index (χ1) is 38.2. The van der Waals surface area contributed by atoms with E-state index in [1.54, 1.807) is 69.0 Å². The number of unbranched alkanes of at least 4 members (excludes halogenated alkanes) is 2. The number of nitrogens with zero attached hydrogens (tertiary/aromatic N) is 3. The zero-order valence-corrected chi connectivity index (χ0v) is 49.7. The average molecular weight is 1130 g/mol. The summed E-state index contributed by atoms with van der Waals surface area (Å²) in [6, 6.07) is 5.71. The fourth-order valence-electron chi connectivity index (χ4n) is 10.7. The Morgan fingerprint density at radius 2 is 1.63 bits per heavy atom. The maximum atomic E-state index is 14.1. The number of aliphatic hydroxyl groups excluding tert-OH is 2. The van der Waals surface area contributed by atoms with E-state index in [4.69, 9.17) is 18.9 Å². The zero-order chi connectivity index (χ0) is 59.8. The molecule has 81 heavy (non-hydrogen) atoms. The van der Waals surface area contributed by atoms with E-state index in [0.717, 1.165) is 10.5 Å². The van der Waals surface area contributed by atoms with Crippen LogP contribution in [0.5, 0.6) is 0 Å². The monoisotopic (exact) mass is 1130 g/mol. The van der Waals surface area contributed by atoms with E-state index < -0.39 is 77.5 Å². The SMILES string of the molecule is CCO[C@]1(C)CC[C@@H](O)CC(=O)O[C@H](/C(C)=C/C=C/C(C)(O)C[C@H]2O[C@@H]2C(C)C(O)CC)[C@@H](C)/C=C/[C@@H]1OC(=O)N1CC[N+](C)(Cc2ccc(NC(=O)C(C)NC(=O)C(NC(=O)CCCCCN3C(=O)C=CC3=O)C(C)C)cc2)CC1. The largest absolute Gasteiger partial charge is 0.457 e. The highest BCUT2D eigenvalue weighted by molar-refractivity contribution is 6.12. The van der Waals surface area contributed by atoms with E-state index in [1.165, 1.54) is 12.2 Å². The summed E-state index contributed by atoms with van der Waals surface area (Å²) in [6.45, 7) is 21.6. The summed E-state index contributed by atoms with van der Waals surface area (Å²) in [4.78, 5) is 93.0. The second-order valence-electron chi connectivity index (χ2n) is 23.8. The van der Waals surface area contributed by atoms with E-state index in [1.807, 2.05) is 59.8 Å². The normalized spacial score (nSPS) is 27.0. The number of hydrogen-bond acceptors (Lipinski definition) is 14. The van der Waals surface area contributed by atoms with Crippen LogP contribution in [0.1, 0.15) is 133 Å². The maximum Gasteiger partial charge on any atom is 0.410 e. The standard InChI is InChI=1S/C61H92N6O14/c1-12-47(69)42(7)56-48(79-56)37-60(9,77)29-17-18-40(5)55-41(6)20-25-49(61(10,78-13-2)30-28-46(68)36-53(73)81-55)80-59(76)65-32-34-67(11,35-33-65)38-44-21-23-45(24-22-44)63-57(74)43(8)62-58(75)54(39(3)4)64-50(70)19-15-14-16-31-66-51(71)26-27-52(66)72/h17-18,20-27,29,39,41-43,46-49,54-56,68-69,77H,12-16,19,28,30-38H2,1-11H3,(H2-,62,63,64,70,74,75)/p+1/b25-20+,29-17+,40-18+/t41-,42?,43?,46+,47?,48+,49-,54?,55+,56+,60?,61+/m0/s1. The first kappa shape index (κ1) is 66.0. The van der Waals surface area contributed by atoms with Crippen molar-refractivity contribution in [2.75, 3.05) is 51.7 Å². The van der Waals surface area contributed by atoms with Crippen LogP contribution in [0.15, 0.2) is 72.4 Å². The van der Waals surface area contributed by atoms with Gasteiger partial charge in [-0.2, -0.15) is 0 Å². The number of cyclic esters (lactones) is 1. The number of quaternary nitrogens is 1. The first-order valence-electron chi connectivity index (χ1n) is 29.1. The summed E-state index contributed by atoms with van der Waals surface area (Å²) in [7, 11) is 2.13. The van der Waals surface area contributed by atoms with Gasteiger partial charge in [0.15, 0.2) is 6.10 Å². The summed E-state index contributed by atoms with van der Waals surface area (Å²) in [5.74, 6) is -3.15. The molecule has 450 valence electrons. The minimum Gasteiger partial charge on any atom is -0.457 e. The Labute approximate surface area is 479 Å². The van der Waals surface area contributed by atoms with Crippen molar-refractivity contribution >= 4 is 47.3 Å². The number of ether oxygens (including phenoxy) is 4. The molecule has 5 unspecified atom stereocenters. The van der Waals surface area contributed by atoms with Crippen LogP contribution in [0, 0.1) is 17.8 Å². The Balaban J connectivity index is 1.13. The van der Waals surface area contributed by atoms with Crippen molar-refractivity contribution in [3.63, 3.8) is 0 Å². The van der Waals surface area contributed by atoms with Crippen molar-refractivity contribution in [2.45, 2.75) is 193 Å². The molecule has 2 saturated heterocycles. The molecule has 6 N–H and O–H groups in total. The highest BCUT2D eigenvalue weighted by Crippen LogP contribution is 2.38. The molecule has 0 aromatic heterocycles. The van der Waals surface area contributed by atoms with Gasteiger partial charge in [0.25, 0.3) is 11.8 Å². The predicted molar refractivity (Wildman–Crippen MR) is 306 cm³/mol. The molecule has 0 radical (unpaired) electrons. The summed E-state index contributed by atoms with van der Waals surface area (Å²) in [5.41, 5.74) is 0.0147. The van der Waals surface area contributed by atoms with Crippen LogP contribution in [0.3, 0.4) is 0 Å². The number of hydrogen-bond donors (Lipinski definition) is 6.